The van der Waals surface area contributed by atoms with E-state index in [0.717, 1.165) is 38.8 Å². The fourth-order valence-electron chi connectivity index (χ4n) is 2.26. The largest absolute Gasteiger partial charge is 0.391 e. The summed E-state index contributed by atoms with van der Waals surface area (Å²) in [6, 6.07) is 0. The molecule has 1 aliphatic carbocycles. The topological polar surface area (TPSA) is 61.4 Å². The van der Waals surface area contributed by atoms with Crippen molar-refractivity contribution in [3.05, 3.63) is 0 Å². The lowest BCUT2D eigenvalue weighted by molar-refractivity contribution is -0.132. The number of nitrogens with one attached hydrogen (secondary N) is 2. The van der Waals surface area contributed by atoms with Gasteiger partial charge in [0.05, 0.1) is 6.10 Å². The fraction of sp³-hybridized carbons (Fsp3) is 0.917. The minimum atomic E-state index is -0.339. The normalized spacial score (nSPS) is 26.1. The molecule has 92 valence electrons. The molecule has 2 rings (SSSR count). The molecule has 2 aliphatic rings. The third-order valence-electron chi connectivity index (χ3n) is 3.89. The lowest BCUT2D eigenvalue weighted by Crippen LogP contribution is -2.47. The molecule has 16 heavy (non-hydrogen) atoms. The van der Waals surface area contributed by atoms with Gasteiger partial charge in [0.2, 0.25) is 5.91 Å². The summed E-state index contributed by atoms with van der Waals surface area (Å²) >= 11 is 0. The Labute approximate surface area is 96.8 Å². The van der Waals surface area contributed by atoms with Crippen LogP contribution in [0.15, 0.2) is 0 Å². The smallest absolute Gasteiger partial charge is 0.226 e. The first-order chi connectivity index (χ1) is 7.62. The highest BCUT2D eigenvalue weighted by molar-refractivity contribution is 5.82. The van der Waals surface area contributed by atoms with E-state index in [2.05, 4.69) is 10.6 Å². The predicted molar refractivity (Wildman–Crippen MR) is 62.0 cm³/mol. The Hall–Kier alpha value is -0.610. The van der Waals surface area contributed by atoms with E-state index in [1.165, 1.54) is 0 Å². The van der Waals surface area contributed by atoms with Crippen LogP contribution < -0.4 is 10.6 Å². The Kier molecular flexibility index (Phi) is 3.50. The van der Waals surface area contributed by atoms with Gasteiger partial charge in [-0.3, -0.25) is 4.79 Å². The molecule has 4 nitrogen and oxygen atoms in total. The second kappa shape index (κ2) is 4.72. The predicted octanol–water partition coefficient (Wildman–Crippen LogP) is 0.263. The molecule has 1 amide bonds. The van der Waals surface area contributed by atoms with E-state index in [9.17, 15) is 9.90 Å². The summed E-state index contributed by atoms with van der Waals surface area (Å²) in [7, 11) is 0. The molecular weight excluding hydrogens is 204 g/mol. The molecule has 1 saturated carbocycles. The van der Waals surface area contributed by atoms with Gasteiger partial charge in [-0.05, 0) is 44.7 Å². The SMILES string of the molecule is CC1(C(=O)NCC(O)C2CC2)CCNCC1. The first kappa shape index (κ1) is 11.9. The van der Waals surface area contributed by atoms with Crippen LogP contribution in [0.4, 0.5) is 0 Å². The maximum atomic E-state index is 12.0. The highest BCUT2D eigenvalue weighted by atomic mass is 16.3. The van der Waals surface area contributed by atoms with Gasteiger partial charge in [-0.25, -0.2) is 0 Å². The van der Waals surface area contributed by atoms with E-state index in [0.29, 0.717) is 12.5 Å². The molecule has 0 bridgehead atoms. The van der Waals surface area contributed by atoms with Gasteiger partial charge in [0, 0.05) is 12.0 Å². The average molecular weight is 226 g/mol. The van der Waals surface area contributed by atoms with Gasteiger partial charge in [0.25, 0.3) is 0 Å². The quantitative estimate of drug-likeness (QED) is 0.644. The summed E-state index contributed by atoms with van der Waals surface area (Å²) in [5.41, 5.74) is -0.242. The number of piperidine rings is 1. The summed E-state index contributed by atoms with van der Waals surface area (Å²) in [6.07, 6.45) is 3.65. The van der Waals surface area contributed by atoms with Crippen LogP contribution in [-0.4, -0.2) is 36.8 Å². The molecule has 0 aromatic carbocycles. The number of aliphatic hydroxyl groups excluding tert-OH is 1. The van der Waals surface area contributed by atoms with Crippen molar-refractivity contribution in [2.45, 2.75) is 38.7 Å². The molecule has 1 saturated heterocycles. The maximum Gasteiger partial charge on any atom is 0.226 e. The Balaban J connectivity index is 1.77. The molecule has 2 fully saturated rings. The molecule has 1 heterocycles. The van der Waals surface area contributed by atoms with E-state index in [1.807, 2.05) is 6.92 Å². The van der Waals surface area contributed by atoms with Crippen molar-refractivity contribution in [3.8, 4) is 0 Å². The third-order valence-corrected chi connectivity index (χ3v) is 3.89. The lowest BCUT2D eigenvalue weighted by Gasteiger charge is -2.32. The number of carbonyl (C=O) groups is 1. The summed E-state index contributed by atoms with van der Waals surface area (Å²) < 4.78 is 0. The van der Waals surface area contributed by atoms with Gasteiger partial charge >= 0.3 is 0 Å². The van der Waals surface area contributed by atoms with Crippen LogP contribution in [0.25, 0.3) is 0 Å². The van der Waals surface area contributed by atoms with Crippen LogP contribution in [0, 0.1) is 11.3 Å². The lowest BCUT2D eigenvalue weighted by atomic mass is 9.80. The molecule has 1 unspecified atom stereocenters. The molecule has 1 atom stereocenters. The highest BCUT2D eigenvalue weighted by Gasteiger charge is 2.35. The van der Waals surface area contributed by atoms with E-state index < -0.39 is 0 Å². The second-order valence-electron chi connectivity index (χ2n) is 5.43. The number of hydrogen-bond donors (Lipinski definition) is 3. The van der Waals surface area contributed by atoms with Crippen molar-refractivity contribution < 1.29 is 9.90 Å². The van der Waals surface area contributed by atoms with Gasteiger partial charge < -0.3 is 15.7 Å². The van der Waals surface area contributed by atoms with Crippen molar-refractivity contribution >= 4 is 5.91 Å². The van der Waals surface area contributed by atoms with Crippen LogP contribution >= 0.6 is 0 Å². The number of aliphatic hydroxyl groups is 1. The molecule has 3 N–H and O–H groups in total. The second-order valence-corrected chi connectivity index (χ2v) is 5.43. The van der Waals surface area contributed by atoms with Crippen molar-refractivity contribution in [1.82, 2.24) is 10.6 Å². The Morgan fingerprint density at radius 1 is 1.50 bits per heavy atom. The van der Waals surface area contributed by atoms with E-state index in [1.54, 1.807) is 0 Å². The van der Waals surface area contributed by atoms with Crippen LogP contribution in [0.2, 0.25) is 0 Å². The van der Waals surface area contributed by atoms with E-state index >= 15 is 0 Å². The minimum absolute atomic E-state index is 0.105. The van der Waals surface area contributed by atoms with E-state index in [-0.39, 0.29) is 17.4 Å². The number of rotatable bonds is 4. The van der Waals surface area contributed by atoms with Crippen LogP contribution in [0.3, 0.4) is 0 Å². The third kappa shape index (κ3) is 2.74. The number of amides is 1. The van der Waals surface area contributed by atoms with Crippen LogP contribution in [0.1, 0.15) is 32.6 Å². The molecular formula is C12H22N2O2. The molecule has 1 aliphatic heterocycles. The van der Waals surface area contributed by atoms with Crippen molar-refractivity contribution in [2.75, 3.05) is 19.6 Å². The first-order valence-electron chi connectivity index (χ1n) is 6.29. The van der Waals surface area contributed by atoms with Crippen LogP contribution in [0.5, 0.6) is 0 Å². The summed E-state index contributed by atoms with van der Waals surface area (Å²) in [5.74, 6) is 0.537. The zero-order chi connectivity index (χ0) is 11.6. The van der Waals surface area contributed by atoms with Gasteiger partial charge in [0.15, 0.2) is 0 Å². The molecule has 0 spiro atoms. The highest BCUT2D eigenvalue weighted by Crippen LogP contribution is 2.32. The summed E-state index contributed by atoms with van der Waals surface area (Å²) in [4.78, 5) is 12.0. The maximum absolute atomic E-state index is 12.0. The van der Waals surface area contributed by atoms with E-state index in [4.69, 9.17) is 0 Å². The van der Waals surface area contributed by atoms with Crippen molar-refractivity contribution in [3.63, 3.8) is 0 Å². The molecule has 0 aromatic heterocycles. The number of hydrogen-bond acceptors (Lipinski definition) is 3. The summed E-state index contributed by atoms with van der Waals surface area (Å²) in [5, 5.41) is 15.8. The number of carbonyl (C=O) groups excluding carboxylic acids is 1. The standard InChI is InChI=1S/C12H22N2O2/c1-12(4-6-13-7-5-12)11(16)14-8-10(15)9-2-3-9/h9-10,13,15H,2-8H2,1H3,(H,14,16). The average Bonchev–Trinajstić information content (AvgIpc) is 3.10. The van der Waals surface area contributed by atoms with Crippen molar-refractivity contribution in [1.29, 1.82) is 0 Å². The zero-order valence-electron chi connectivity index (χ0n) is 9.96. The minimum Gasteiger partial charge on any atom is -0.391 e. The van der Waals surface area contributed by atoms with Gasteiger partial charge in [-0.1, -0.05) is 6.92 Å². The molecule has 0 aromatic rings. The first-order valence-corrected chi connectivity index (χ1v) is 6.29. The summed E-state index contributed by atoms with van der Waals surface area (Å²) in [6.45, 7) is 4.27. The van der Waals surface area contributed by atoms with Crippen LogP contribution in [-0.2, 0) is 4.79 Å². The monoisotopic (exact) mass is 226 g/mol. The molecule has 4 heteroatoms. The molecule has 0 radical (unpaired) electrons. The Morgan fingerprint density at radius 2 is 2.12 bits per heavy atom. The van der Waals surface area contributed by atoms with Gasteiger partial charge in [0.1, 0.15) is 0 Å². The Morgan fingerprint density at radius 3 is 2.69 bits per heavy atom. The van der Waals surface area contributed by atoms with Gasteiger partial charge in [-0.2, -0.15) is 0 Å². The fourth-order valence-corrected chi connectivity index (χ4v) is 2.26. The Bertz CT molecular complexity index is 258. The zero-order valence-corrected chi connectivity index (χ0v) is 9.96. The van der Waals surface area contributed by atoms with Gasteiger partial charge in [-0.15, -0.1) is 0 Å². The van der Waals surface area contributed by atoms with Crippen molar-refractivity contribution in [2.24, 2.45) is 11.3 Å².